The van der Waals surface area contributed by atoms with Crippen molar-refractivity contribution in [3.63, 3.8) is 0 Å². The Labute approximate surface area is 323 Å². The Morgan fingerprint density at radius 2 is 1.26 bits per heavy atom. The first-order valence-corrected chi connectivity index (χ1v) is 21.4. The third kappa shape index (κ3) is 6.58. The minimum absolute atomic E-state index is 0.0977. The van der Waals surface area contributed by atoms with E-state index in [2.05, 4.69) is 40.7 Å². The van der Waals surface area contributed by atoms with Crippen LogP contribution in [0, 0.1) is 52.3 Å². The van der Waals surface area contributed by atoms with Crippen LogP contribution in [0.25, 0.3) is 32.7 Å². The number of carbonyl (C=O) groups excluding carboxylic acids is 2. The van der Waals surface area contributed by atoms with Crippen molar-refractivity contribution in [1.82, 2.24) is 0 Å². The molecular weight excluding hydrogens is 665 g/mol. The smallest absolute Gasteiger partial charge is 0.339 e. The lowest BCUT2D eigenvalue weighted by molar-refractivity contribution is -0.130. The summed E-state index contributed by atoms with van der Waals surface area (Å²) in [5.74, 6) is 4.91. The topological polar surface area (TPSA) is 52.6 Å². The minimum Gasteiger partial charge on any atom is -0.465 e. The average Bonchev–Trinajstić information content (AvgIpc) is 3.53. The van der Waals surface area contributed by atoms with E-state index in [4.69, 9.17) is 9.47 Å². The number of benzene rings is 4. The lowest BCUT2D eigenvalue weighted by Crippen LogP contribution is -2.54. The van der Waals surface area contributed by atoms with Crippen molar-refractivity contribution in [3.05, 3.63) is 83.9 Å². The second kappa shape index (κ2) is 14.8. The van der Waals surface area contributed by atoms with Gasteiger partial charge in [-0.3, -0.25) is 0 Å². The molecule has 4 aliphatic carbocycles. The van der Waals surface area contributed by atoms with Gasteiger partial charge in [-0.25, -0.2) is 9.59 Å². The third-order valence-corrected chi connectivity index (χ3v) is 15.8. The molecule has 0 heterocycles. The first kappa shape index (κ1) is 37.3. The van der Waals surface area contributed by atoms with Crippen LogP contribution in [-0.4, -0.2) is 25.2 Å². The van der Waals surface area contributed by atoms with Crippen LogP contribution < -0.4 is 0 Å². The summed E-state index contributed by atoms with van der Waals surface area (Å²) in [5, 5.41) is 3.94. The SMILES string of the molecule is COC(=O)c1cc2ccccc2cc1-c1cc2ccccc2cc1C(=O)O[C@@H]1CC[C@@]2(C)[C@@H](CC[C@@H]3[C@@H]2CC[C@]2(C)[C@@H]([C@@H](C)CCCC(C)C)CC[C@@H]32)C1. The van der Waals surface area contributed by atoms with E-state index >= 15 is 0 Å². The highest BCUT2D eigenvalue weighted by molar-refractivity contribution is 6.09. The molecule has 0 spiro atoms. The zero-order valence-electron chi connectivity index (χ0n) is 33.7. The zero-order chi connectivity index (χ0) is 37.8. The molecule has 4 fully saturated rings. The Balaban J connectivity index is 1.02. The van der Waals surface area contributed by atoms with Gasteiger partial charge >= 0.3 is 11.9 Å². The van der Waals surface area contributed by atoms with Gasteiger partial charge in [-0.05, 0) is 167 Å². The highest BCUT2D eigenvalue weighted by Crippen LogP contribution is 2.68. The number of methoxy groups -OCH3 is 1. The van der Waals surface area contributed by atoms with Crippen molar-refractivity contribution in [1.29, 1.82) is 0 Å². The number of esters is 2. The summed E-state index contributed by atoms with van der Waals surface area (Å²) in [7, 11) is 1.41. The van der Waals surface area contributed by atoms with E-state index in [9.17, 15) is 9.59 Å². The molecule has 0 radical (unpaired) electrons. The number of fused-ring (bicyclic) bond motifs is 7. The summed E-state index contributed by atoms with van der Waals surface area (Å²) < 4.78 is 11.8. The maximum absolute atomic E-state index is 14.4. The second-order valence-corrected chi connectivity index (χ2v) is 19.0. The van der Waals surface area contributed by atoms with E-state index in [1.165, 1.54) is 64.9 Å². The quantitative estimate of drug-likeness (QED) is 0.161. The molecule has 0 N–H and O–H groups in total. The number of hydrogen-bond acceptors (Lipinski definition) is 4. The van der Waals surface area contributed by atoms with E-state index in [1.807, 2.05) is 66.7 Å². The molecular formula is C50H62O4. The highest BCUT2D eigenvalue weighted by atomic mass is 16.5. The van der Waals surface area contributed by atoms with E-state index in [0.29, 0.717) is 39.0 Å². The summed E-state index contributed by atoms with van der Waals surface area (Å²) >= 11 is 0. The lowest BCUT2D eigenvalue weighted by atomic mass is 9.44. The molecule has 0 unspecified atom stereocenters. The Kier molecular flexibility index (Phi) is 10.2. The Morgan fingerprint density at radius 3 is 1.87 bits per heavy atom. The average molecular weight is 727 g/mol. The molecule has 0 aliphatic heterocycles. The largest absolute Gasteiger partial charge is 0.465 e. The number of rotatable bonds is 9. The summed E-state index contributed by atoms with van der Waals surface area (Å²) in [6.45, 7) is 12.6. The second-order valence-electron chi connectivity index (χ2n) is 19.0. The molecule has 4 aromatic rings. The molecule has 4 aromatic carbocycles. The summed E-state index contributed by atoms with van der Waals surface area (Å²) in [6.07, 6.45) is 15.3. The van der Waals surface area contributed by atoms with Gasteiger partial charge in [0.25, 0.3) is 0 Å². The first-order valence-electron chi connectivity index (χ1n) is 21.4. The van der Waals surface area contributed by atoms with Crippen LogP contribution in [0.5, 0.6) is 0 Å². The van der Waals surface area contributed by atoms with Gasteiger partial charge < -0.3 is 9.47 Å². The molecule has 0 saturated heterocycles. The van der Waals surface area contributed by atoms with Gasteiger partial charge in [-0.1, -0.05) is 102 Å². The van der Waals surface area contributed by atoms with Crippen LogP contribution in [0.4, 0.5) is 0 Å². The highest BCUT2D eigenvalue weighted by Gasteiger charge is 2.60. The fraction of sp³-hybridized carbons (Fsp3) is 0.560. The molecule has 54 heavy (non-hydrogen) atoms. The van der Waals surface area contributed by atoms with Crippen LogP contribution >= 0.6 is 0 Å². The first-order chi connectivity index (χ1) is 26.0. The van der Waals surface area contributed by atoms with Gasteiger partial charge in [0.1, 0.15) is 6.10 Å². The van der Waals surface area contributed by atoms with Crippen LogP contribution in [0.2, 0.25) is 0 Å². The van der Waals surface area contributed by atoms with Crippen molar-refractivity contribution in [2.75, 3.05) is 7.11 Å². The van der Waals surface area contributed by atoms with Crippen molar-refractivity contribution in [2.45, 2.75) is 118 Å². The molecule has 8 rings (SSSR count). The Bertz CT molecular complexity index is 2030. The third-order valence-electron chi connectivity index (χ3n) is 15.8. The van der Waals surface area contributed by atoms with Gasteiger partial charge in [-0.15, -0.1) is 0 Å². The molecule has 4 heteroatoms. The molecule has 0 amide bonds. The lowest BCUT2D eigenvalue weighted by Gasteiger charge is -2.61. The molecule has 4 aliphatic rings. The molecule has 286 valence electrons. The zero-order valence-corrected chi connectivity index (χ0v) is 33.7. The summed E-state index contributed by atoms with van der Waals surface area (Å²) in [4.78, 5) is 27.7. The van der Waals surface area contributed by atoms with E-state index < -0.39 is 5.97 Å². The van der Waals surface area contributed by atoms with Crippen LogP contribution in [-0.2, 0) is 9.47 Å². The minimum atomic E-state index is -0.419. The van der Waals surface area contributed by atoms with E-state index in [1.54, 1.807) is 0 Å². The van der Waals surface area contributed by atoms with Crippen molar-refractivity contribution < 1.29 is 19.1 Å². The Morgan fingerprint density at radius 1 is 0.685 bits per heavy atom. The Hall–Kier alpha value is -3.66. The monoisotopic (exact) mass is 726 g/mol. The van der Waals surface area contributed by atoms with Gasteiger partial charge in [0.05, 0.1) is 18.2 Å². The van der Waals surface area contributed by atoms with Gasteiger partial charge in [-0.2, -0.15) is 0 Å². The van der Waals surface area contributed by atoms with Crippen LogP contribution in [0.15, 0.2) is 72.8 Å². The summed E-state index contributed by atoms with van der Waals surface area (Å²) in [5.41, 5.74) is 3.18. The fourth-order valence-electron chi connectivity index (χ4n) is 12.9. The predicted octanol–water partition coefficient (Wildman–Crippen LogP) is 13.1. The fourth-order valence-corrected chi connectivity index (χ4v) is 12.9. The molecule has 0 bridgehead atoms. The number of hydrogen-bond donors (Lipinski definition) is 0. The van der Waals surface area contributed by atoms with Gasteiger partial charge in [0, 0.05) is 0 Å². The number of carbonyl (C=O) groups is 2. The summed E-state index contributed by atoms with van der Waals surface area (Å²) in [6, 6.07) is 24.0. The van der Waals surface area contributed by atoms with Crippen molar-refractivity contribution in [2.24, 2.45) is 52.3 Å². The van der Waals surface area contributed by atoms with Crippen molar-refractivity contribution in [3.8, 4) is 11.1 Å². The van der Waals surface area contributed by atoms with Crippen LogP contribution in [0.1, 0.15) is 132 Å². The van der Waals surface area contributed by atoms with Gasteiger partial charge in [0.15, 0.2) is 0 Å². The van der Waals surface area contributed by atoms with Crippen molar-refractivity contribution >= 4 is 33.5 Å². The number of ether oxygens (including phenoxy) is 2. The normalized spacial score (nSPS) is 31.1. The molecule has 9 atom stereocenters. The van der Waals surface area contributed by atoms with E-state index in [0.717, 1.165) is 76.3 Å². The molecule has 4 saturated carbocycles. The van der Waals surface area contributed by atoms with E-state index in [-0.39, 0.29) is 12.1 Å². The molecule has 4 nitrogen and oxygen atoms in total. The molecule has 0 aromatic heterocycles. The maximum Gasteiger partial charge on any atom is 0.339 e. The predicted molar refractivity (Wildman–Crippen MR) is 221 cm³/mol. The van der Waals surface area contributed by atoms with Crippen LogP contribution in [0.3, 0.4) is 0 Å². The van der Waals surface area contributed by atoms with Gasteiger partial charge in [0.2, 0.25) is 0 Å². The standard InChI is InChI=1S/C50H62O4/c1-31(2)12-11-13-32(3)44-20-21-45-39-19-18-37-30-38(22-24-49(37,4)46(39)23-25-50(44,45)5)54-48(52)43-29-36-17-10-8-15-34(36)27-41(43)40-26-33-14-7-9-16-35(33)28-42(40)47(51)53-6/h7-10,14-17,26-29,31-32,37-39,44-46H,11-13,18-25,30H2,1-6H3/t32-,37-,38+,39-,44+,45-,46-,49-,50+/m0/s1. The maximum atomic E-state index is 14.4.